The number of hydrogen-bond donors (Lipinski definition) is 2. The molecule has 2 aromatic carbocycles. The Bertz CT molecular complexity index is 792. The summed E-state index contributed by atoms with van der Waals surface area (Å²) in [4.78, 5) is 26.4. The molecule has 1 saturated heterocycles. The normalized spacial score (nSPS) is 14.4. The average molecular weight is 402 g/mol. The van der Waals surface area contributed by atoms with E-state index in [1.54, 1.807) is 17.0 Å². The van der Waals surface area contributed by atoms with Crippen LogP contribution in [-0.4, -0.2) is 43.1 Å². The van der Waals surface area contributed by atoms with Crippen LogP contribution in [0.4, 0.5) is 10.5 Å². The number of hydrogen-bond acceptors (Lipinski definition) is 3. The van der Waals surface area contributed by atoms with E-state index in [4.69, 9.17) is 16.3 Å². The number of nitrogens with one attached hydrogen (secondary N) is 2. The molecule has 3 rings (SSSR count). The molecule has 1 fully saturated rings. The number of likely N-dealkylation sites (tertiary alicyclic amines) is 1. The number of urea groups is 1. The van der Waals surface area contributed by atoms with Gasteiger partial charge >= 0.3 is 6.03 Å². The van der Waals surface area contributed by atoms with Crippen LogP contribution < -0.4 is 15.4 Å². The fourth-order valence-electron chi connectivity index (χ4n) is 3.11. The quantitative estimate of drug-likeness (QED) is 0.723. The van der Waals surface area contributed by atoms with Crippen molar-refractivity contribution in [1.82, 2.24) is 10.2 Å². The molecule has 0 saturated carbocycles. The Hall–Kier alpha value is -2.73. The first-order valence-corrected chi connectivity index (χ1v) is 9.76. The molecule has 0 aliphatic carbocycles. The molecule has 1 aliphatic heterocycles. The average Bonchev–Trinajstić information content (AvgIpc) is 2.72. The van der Waals surface area contributed by atoms with E-state index >= 15 is 0 Å². The van der Waals surface area contributed by atoms with E-state index in [-0.39, 0.29) is 17.9 Å². The first-order chi connectivity index (χ1) is 13.6. The predicted molar refractivity (Wildman–Crippen MR) is 110 cm³/mol. The first-order valence-electron chi connectivity index (χ1n) is 9.39. The Labute approximate surface area is 169 Å². The van der Waals surface area contributed by atoms with Gasteiger partial charge in [0.25, 0.3) is 0 Å². The van der Waals surface area contributed by atoms with Crippen LogP contribution in [0.25, 0.3) is 0 Å². The molecule has 0 aromatic heterocycles. The number of halogens is 1. The highest BCUT2D eigenvalue weighted by Gasteiger charge is 2.27. The summed E-state index contributed by atoms with van der Waals surface area (Å²) in [6, 6.07) is 16.4. The van der Waals surface area contributed by atoms with Gasteiger partial charge < -0.3 is 20.3 Å². The van der Waals surface area contributed by atoms with Gasteiger partial charge in [-0.3, -0.25) is 4.79 Å². The third-order valence-corrected chi connectivity index (χ3v) is 4.87. The number of piperidine rings is 1. The molecule has 1 heterocycles. The summed E-state index contributed by atoms with van der Waals surface area (Å²) in [6.07, 6.45) is 1.32. The van der Waals surface area contributed by atoms with E-state index < -0.39 is 0 Å². The molecule has 148 valence electrons. The fourth-order valence-corrected chi connectivity index (χ4v) is 3.29. The lowest BCUT2D eigenvalue weighted by Gasteiger charge is -2.31. The predicted octanol–water partition coefficient (Wildman–Crippen LogP) is 3.78. The van der Waals surface area contributed by atoms with Gasteiger partial charge in [-0.2, -0.15) is 0 Å². The van der Waals surface area contributed by atoms with Crippen LogP contribution >= 0.6 is 11.6 Å². The van der Waals surface area contributed by atoms with Crippen molar-refractivity contribution in [2.45, 2.75) is 12.8 Å². The Morgan fingerprint density at radius 1 is 1.07 bits per heavy atom. The number of para-hydroxylation sites is 1. The van der Waals surface area contributed by atoms with Gasteiger partial charge in [-0.05, 0) is 43.2 Å². The largest absolute Gasteiger partial charge is 0.492 e. The summed E-state index contributed by atoms with van der Waals surface area (Å²) >= 11 is 5.90. The molecular formula is C21H24ClN3O3. The second-order valence-electron chi connectivity index (χ2n) is 6.65. The standard InChI is InChI=1S/C21H24ClN3O3/c22-17-5-4-8-19(15-17)28-14-11-23-21(27)25-12-9-16(10-13-25)20(26)24-18-6-2-1-3-7-18/h1-8,15-16H,9-14H2,(H,23,27)(H,24,26). The van der Waals surface area contributed by atoms with Crippen molar-refractivity contribution in [3.05, 3.63) is 59.6 Å². The number of anilines is 1. The van der Waals surface area contributed by atoms with Crippen molar-refractivity contribution in [2.24, 2.45) is 5.92 Å². The highest BCUT2D eigenvalue weighted by Crippen LogP contribution is 2.20. The number of carbonyl (C=O) groups excluding carboxylic acids is 2. The van der Waals surface area contributed by atoms with Crippen LogP contribution in [0.2, 0.25) is 5.02 Å². The van der Waals surface area contributed by atoms with Gasteiger partial charge in [-0.15, -0.1) is 0 Å². The number of amides is 3. The second-order valence-corrected chi connectivity index (χ2v) is 7.09. The molecule has 0 radical (unpaired) electrons. The summed E-state index contributed by atoms with van der Waals surface area (Å²) in [5.41, 5.74) is 0.798. The van der Waals surface area contributed by atoms with E-state index in [2.05, 4.69) is 10.6 Å². The lowest BCUT2D eigenvalue weighted by molar-refractivity contribution is -0.121. The van der Waals surface area contributed by atoms with Crippen LogP contribution in [0.15, 0.2) is 54.6 Å². The van der Waals surface area contributed by atoms with Crippen LogP contribution in [-0.2, 0) is 4.79 Å². The SMILES string of the molecule is O=C(Nc1ccccc1)C1CCN(C(=O)NCCOc2cccc(Cl)c2)CC1. The minimum Gasteiger partial charge on any atom is -0.492 e. The highest BCUT2D eigenvalue weighted by atomic mass is 35.5. The van der Waals surface area contributed by atoms with Crippen molar-refractivity contribution in [2.75, 3.05) is 31.6 Å². The molecule has 28 heavy (non-hydrogen) atoms. The van der Waals surface area contributed by atoms with E-state index in [9.17, 15) is 9.59 Å². The molecule has 3 amide bonds. The summed E-state index contributed by atoms with van der Waals surface area (Å²) < 4.78 is 5.56. The maximum Gasteiger partial charge on any atom is 0.317 e. The molecule has 6 nitrogen and oxygen atoms in total. The third-order valence-electron chi connectivity index (χ3n) is 4.64. The van der Waals surface area contributed by atoms with E-state index in [1.165, 1.54) is 0 Å². The van der Waals surface area contributed by atoms with Crippen molar-refractivity contribution in [3.8, 4) is 5.75 Å². The van der Waals surface area contributed by atoms with Crippen LogP contribution in [0.1, 0.15) is 12.8 Å². The lowest BCUT2D eigenvalue weighted by Crippen LogP contribution is -2.46. The Morgan fingerprint density at radius 2 is 1.82 bits per heavy atom. The maximum absolute atomic E-state index is 12.4. The number of rotatable bonds is 6. The van der Waals surface area contributed by atoms with Gasteiger partial charge in [0.2, 0.25) is 5.91 Å². The second kappa shape index (κ2) is 9.99. The number of nitrogens with zero attached hydrogens (tertiary/aromatic N) is 1. The van der Waals surface area contributed by atoms with Crippen molar-refractivity contribution >= 4 is 29.2 Å². The smallest absolute Gasteiger partial charge is 0.317 e. The van der Waals surface area contributed by atoms with Gasteiger partial charge in [0, 0.05) is 29.7 Å². The van der Waals surface area contributed by atoms with Gasteiger partial charge in [0.15, 0.2) is 0 Å². The lowest BCUT2D eigenvalue weighted by atomic mass is 9.96. The van der Waals surface area contributed by atoms with Gasteiger partial charge in [0.05, 0.1) is 6.54 Å². The van der Waals surface area contributed by atoms with Gasteiger partial charge in [-0.25, -0.2) is 4.79 Å². The minimum atomic E-state index is -0.128. The van der Waals surface area contributed by atoms with E-state index in [0.29, 0.717) is 49.9 Å². The Balaban J connectivity index is 1.35. The van der Waals surface area contributed by atoms with Crippen molar-refractivity contribution in [1.29, 1.82) is 0 Å². The molecule has 0 bridgehead atoms. The molecule has 0 spiro atoms. The molecular weight excluding hydrogens is 378 g/mol. The zero-order chi connectivity index (χ0) is 19.8. The molecule has 2 N–H and O–H groups in total. The summed E-state index contributed by atoms with van der Waals surface area (Å²) in [7, 11) is 0. The number of ether oxygens (including phenoxy) is 1. The first kappa shape index (κ1) is 20.0. The summed E-state index contributed by atoms with van der Waals surface area (Å²) in [5.74, 6) is 0.614. The van der Waals surface area contributed by atoms with E-state index in [0.717, 1.165) is 5.69 Å². The van der Waals surface area contributed by atoms with Crippen LogP contribution in [0, 0.1) is 5.92 Å². The van der Waals surface area contributed by atoms with Gasteiger partial charge in [0.1, 0.15) is 12.4 Å². The molecule has 7 heteroatoms. The zero-order valence-electron chi connectivity index (χ0n) is 15.6. The Morgan fingerprint density at radius 3 is 2.54 bits per heavy atom. The van der Waals surface area contributed by atoms with Crippen LogP contribution in [0.5, 0.6) is 5.75 Å². The summed E-state index contributed by atoms with van der Waals surface area (Å²) in [5, 5.41) is 6.39. The van der Waals surface area contributed by atoms with Gasteiger partial charge in [-0.1, -0.05) is 35.9 Å². The number of carbonyl (C=O) groups is 2. The van der Waals surface area contributed by atoms with Crippen LogP contribution in [0.3, 0.4) is 0 Å². The highest BCUT2D eigenvalue weighted by molar-refractivity contribution is 6.30. The number of benzene rings is 2. The molecule has 0 unspecified atom stereocenters. The molecule has 2 aromatic rings. The van der Waals surface area contributed by atoms with Crippen molar-refractivity contribution < 1.29 is 14.3 Å². The molecule has 1 aliphatic rings. The minimum absolute atomic E-state index is 0.0150. The van der Waals surface area contributed by atoms with E-state index in [1.807, 2.05) is 42.5 Å². The summed E-state index contributed by atoms with van der Waals surface area (Å²) in [6.45, 7) is 1.89. The molecule has 0 atom stereocenters. The Kier molecular flexibility index (Phi) is 7.14. The monoisotopic (exact) mass is 401 g/mol. The topological polar surface area (TPSA) is 70.7 Å². The fraction of sp³-hybridized carbons (Fsp3) is 0.333. The third kappa shape index (κ3) is 5.89. The zero-order valence-corrected chi connectivity index (χ0v) is 16.3. The van der Waals surface area contributed by atoms with Crippen molar-refractivity contribution in [3.63, 3.8) is 0 Å². The maximum atomic E-state index is 12.4.